The second-order valence-corrected chi connectivity index (χ2v) is 15.7. The number of nitrogens with zero attached hydrogens (tertiary/aromatic N) is 2. The molecule has 3 aliphatic heterocycles. The number of carbonyl (C=O) groups is 5. The maximum atomic E-state index is 13.1. The molecule has 0 aliphatic carbocycles. The van der Waals surface area contributed by atoms with Crippen molar-refractivity contribution in [2.45, 2.75) is 94.2 Å². The zero-order valence-corrected chi connectivity index (χ0v) is 31.3. The number of rotatable bonds is 17. The number of carbonyl (C=O) groups excluding carboxylic acids is 5. The molecule has 3 saturated heterocycles. The molecule has 0 spiro atoms. The van der Waals surface area contributed by atoms with Gasteiger partial charge >= 0.3 is 12.1 Å². The van der Waals surface area contributed by atoms with Crippen molar-refractivity contribution in [3.63, 3.8) is 0 Å². The first-order valence-electron chi connectivity index (χ1n) is 18.4. The Hall–Kier alpha value is -4.63. The monoisotopic (exact) mass is 761 g/mol. The quantitative estimate of drug-likeness (QED) is 0.0838. The summed E-state index contributed by atoms with van der Waals surface area (Å²) in [6.45, 7) is 1.21. The van der Waals surface area contributed by atoms with Crippen molar-refractivity contribution in [1.82, 2.24) is 25.8 Å². The number of aromatic nitrogens is 1. The molecule has 1 aromatic heterocycles. The fraction of sp³-hybridized carbons (Fsp3) is 0.474. The topological polar surface area (TPSA) is 171 Å². The van der Waals surface area contributed by atoms with Gasteiger partial charge in [0.25, 0.3) is 0 Å². The number of hydrogen-bond donors (Lipinski definition) is 5. The van der Waals surface area contributed by atoms with E-state index >= 15 is 0 Å². The van der Waals surface area contributed by atoms with Crippen molar-refractivity contribution < 1.29 is 28.7 Å². The van der Waals surface area contributed by atoms with Gasteiger partial charge in [0.2, 0.25) is 17.7 Å². The molecular weight excluding hydrogens is 715 g/mol. The van der Waals surface area contributed by atoms with Gasteiger partial charge in [-0.1, -0.05) is 55.3 Å². The number of fused-ring (bicyclic) bond motifs is 1. The van der Waals surface area contributed by atoms with Gasteiger partial charge in [0.05, 0.1) is 17.8 Å². The fourth-order valence-electron chi connectivity index (χ4n) is 6.84. The average molecular weight is 762 g/mol. The minimum atomic E-state index is -0.618. The third kappa shape index (κ3) is 10.9. The van der Waals surface area contributed by atoms with Gasteiger partial charge in [-0.3, -0.25) is 19.3 Å². The van der Waals surface area contributed by atoms with Crippen LogP contribution in [-0.2, 0) is 25.7 Å². The highest BCUT2D eigenvalue weighted by Crippen LogP contribution is 2.33. The highest BCUT2D eigenvalue weighted by Gasteiger charge is 2.42. The molecule has 3 aromatic rings. The first-order chi connectivity index (χ1) is 25.8. The van der Waals surface area contributed by atoms with E-state index in [2.05, 4.69) is 31.6 Å². The third-order valence-corrected chi connectivity index (χ3v) is 11.9. The molecule has 4 heterocycles. The number of nitrogens with one attached hydrogen (secondary N) is 5. The maximum Gasteiger partial charge on any atom is 0.410 e. The normalized spacial score (nSPS) is 20.3. The summed E-state index contributed by atoms with van der Waals surface area (Å²) in [6.07, 6.45) is 6.86. The van der Waals surface area contributed by atoms with E-state index in [0.717, 1.165) is 61.8 Å². The second kappa shape index (κ2) is 18.9. The third-order valence-electron chi connectivity index (χ3n) is 9.68. The first kappa shape index (κ1) is 38.1. The van der Waals surface area contributed by atoms with Gasteiger partial charge in [-0.25, -0.2) is 14.6 Å². The van der Waals surface area contributed by atoms with E-state index in [1.807, 2.05) is 71.7 Å². The molecule has 282 valence electrons. The van der Waals surface area contributed by atoms with Crippen molar-refractivity contribution in [3.05, 3.63) is 65.5 Å². The van der Waals surface area contributed by atoms with Crippen molar-refractivity contribution >= 4 is 63.8 Å². The zero-order chi connectivity index (χ0) is 37.0. The molecule has 0 bridgehead atoms. The minimum Gasteiger partial charge on any atom is -0.445 e. The standard InChI is InChI=1S/C38H47N7O6S2/c46-32(14-7-6-13-31-34-29(24-52-31)41-36(49)43-34)39-20-8-2-5-15-33(47)40-27-18-16-26(17-19-27)28-23-53-37(42-28)44-35(48)30-12-9-21-45(30)38(50)51-22-25-10-3-1-4-11-25/h1,3-4,10-11,16-19,23,29-31,34H,2,5-9,12-15,20-22,24H2,(H,39,46)(H,40,47)(H2,41,43,49)(H,42,44,48). The summed E-state index contributed by atoms with van der Waals surface area (Å²) in [5.74, 6) is 0.655. The molecular formula is C38H47N7O6S2. The molecule has 3 aliphatic rings. The van der Waals surface area contributed by atoms with E-state index in [0.29, 0.717) is 54.1 Å². The first-order valence-corrected chi connectivity index (χ1v) is 20.3. The molecule has 6 amide bonds. The van der Waals surface area contributed by atoms with E-state index in [1.54, 1.807) is 0 Å². The van der Waals surface area contributed by atoms with Crippen LogP contribution in [0.2, 0.25) is 0 Å². The van der Waals surface area contributed by atoms with E-state index in [-0.39, 0.29) is 42.4 Å². The highest BCUT2D eigenvalue weighted by molar-refractivity contribution is 8.00. The number of urea groups is 1. The Morgan fingerprint density at radius 1 is 0.906 bits per heavy atom. The van der Waals surface area contributed by atoms with Gasteiger partial charge in [-0.2, -0.15) is 11.8 Å². The zero-order valence-electron chi connectivity index (χ0n) is 29.6. The number of ether oxygens (including phenoxy) is 1. The Balaban J connectivity index is 0.826. The summed E-state index contributed by atoms with van der Waals surface area (Å²) < 4.78 is 5.46. The van der Waals surface area contributed by atoms with E-state index < -0.39 is 12.1 Å². The van der Waals surface area contributed by atoms with Crippen molar-refractivity contribution in [1.29, 1.82) is 0 Å². The minimum absolute atomic E-state index is 0.0620. The van der Waals surface area contributed by atoms with Crippen LogP contribution in [0.5, 0.6) is 0 Å². The lowest BCUT2D eigenvalue weighted by molar-refractivity contribution is -0.121. The Bertz CT molecular complexity index is 1720. The van der Waals surface area contributed by atoms with Crippen LogP contribution in [0.3, 0.4) is 0 Å². The summed E-state index contributed by atoms with van der Waals surface area (Å²) in [5.41, 5.74) is 3.11. The smallest absolute Gasteiger partial charge is 0.410 e. The van der Waals surface area contributed by atoms with Crippen LogP contribution in [0.1, 0.15) is 69.8 Å². The van der Waals surface area contributed by atoms with Gasteiger partial charge in [-0.05, 0) is 56.2 Å². The maximum absolute atomic E-state index is 13.1. The number of hydrogen-bond acceptors (Lipinski definition) is 9. The van der Waals surface area contributed by atoms with Gasteiger partial charge in [0.1, 0.15) is 12.6 Å². The van der Waals surface area contributed by atoms with Crippen molar-refractivity contribution in [2.24, 2.45) is 0 Å². The predicted molar refractivity (Wildman–Crippen MR) is 207 cm³/mol. The van der Waals surface area contributed by atoms with Crippen LogP contribution < -0.4 is 26.6 Å². The highest BCUT2D eigenvalue weighted by atomic mass is 32.2. The number of thioether (sulfide) groups is 1. The van der Waals surface area contributed by atoms with E-state index in [1.165, 1.54) is 16.2 Å². The van der Waals surface area contributed by atoms with Gasteiger partial charge in [-0.15, -0.1) is 11.3 Å². The number of anilines is 2. The number of amides is 6. The van der Waals surface area contributed by atoms with Crippen LogP contribution in [0, 0.1) is 0 Å². The summed E-state index contributed by atoms with van der Waals surface area (Å²) in [7, 11) is 0. The SMILES string of the molecule is O=C(CCCCC1SCC2NC(=O)NC21)NCCCCCC(=O)Nc1ccc(-c2csc(NC(=O)C3CCCN3C(=O)OCc3ccccc3)n2)cc1. The second-order valence-electron chi connectivity index (χ2n) is 13.6. The number of unbranched alkanes of at least 4 members (excludes halogenated alkanes) is 3. The lowest BCUT2D eigenvalue weighted by Gasteiger charge is -2.22. The average Bonchev–Trinajstić information content (AvgIpc) is 3.97. The Morgan fingerprint density at radius 2 is 1.70 bits per heavy atom. The molecule has 4 unspecified atom stereocenters. The predicted octanol–water partition coefficient (Wildman–Crippen LogP) is 5.89. The van der Waals surface area contributed by atoms with E-state index in [4.69, 9.17) is 4.74 Å². The van der Waals surface area contributed by atoms with Crippen LogP contribution in [0.4, 0.5) is 20.4 Å². The summed E-state index contributed by atoms with van der Waals surface area (Å²) in [5, 5.41) is 17.5. The molecule has 6 rings (SSSR count). The molecule has 53 heavy (non-hydrogen) atoms. The molecule has 0 saturated carbocycles. The molecule has 15 heteroatoms. The van der Waals surface area contributed by atoms with Crippen LogP contribution in [-0.4, -0.2) is 81.9 Å². The lowest BCUT2D eigenvalue weighted by Crippen LogP contribution is -2.43. The Morgan fingerprint density at radius 3 is 2.53 bits per heavy atom. The van der Waals surface area contributed by atoms with Crippen LogP contribution in [0.15, 0.2) is 60.0 Å². The summed E-state index contributed by atoms with van der Waals surface area (Å²) in [6, 6.07) is 16.6. The number of thiazole rings is 1. The largest absolute Gasteiger partial charge is 0.445 e. The number of likely N-dealkylation sites (tertiary alicyclic amines) is 1. The van der Waals surface area contributed by atoms with Gasteiger partial charge in [0.15, 0.2) is 5.13 Å². The summed E-state index contributed by atoms with van der Waals surface area (Å²) in [4.78, 5) is 68.1. The lowest BCUT2D eigenvalue weighted by atomic mass is 10.0. The van der Waals surface area contributed by atoms with E-state index in [9.17, 15) is 24.0 Å². The van der Waals surface area contributed by atoms with Crippen molar-refractivity contribution in [2.75, 3.05) is 29.5 Å². The van der Waals surface area contributed by atoms with Crippen LogP contribution in [0.25, 0.3) is 11.3 Å². The molecule has 4 atom stereocenters. The van der Waals surface area contributed by atoms with Gasteiger partial charge in [0, 0.05) is 53.6 Å². The Labute approximate surface area is 317 Å². The number of benzene rings is 2. The molecule has 0 radical (unpaired) electrons. The molecule has 13 nitrogen and oxygen atoms in total. The molecule has 3 fully saturated rings. The Kier molecular flexibility index (Phi) is 13.6. The molecule has 5 N–H and O–H groups in total. The van der Waals surface area contributed by atoms with Crippen LogP contribution >= 0.6 is 23.1 Å². The molecule has 2 aromatic carbocycles. The fourth-order valence-corrected chi connectivity index (χ4v) is 9.10. The van der Waals surface area contributed by atoms with Gasteiger partial charge < -0.3 is 31.3 Å². The van der Waals surface area contributed by atoms with Crippen molar-refractivity contribution in [3.8, 4) is 11.3 Å². The summed E-state index contributed by atoms with van der Waals surface area (Å²) >= 11 is 3.20.